The van der Waals surface area contributed by atoms with Crippen molar-refractivity contribution >= 4 is 18.4 Å². The fourth-order valence-electron chi connectivity index (χ4n) is 2.54. The summed E-state index contributed by atoms with van der Waals surface area (Å²) in [6.45, 7) is 7.44. The molecule has 1 aliphatic rings. The fourth-order valence-corrected chi connectivity index (χ4v) is 2.54. The zero-order valence-electron chi connectivity index (χ0n) is 12.8. The summed E-state index contributed by atoms with van der Waals surface area (Å²) in [6, 6.07) is 2.29. The summed E-state index contributed by atoms with van der Waals surface area (Å²) in [7, 11) is 3.92. The maximum Gasteiger partial charge on any atom is 0.225 e. The maximum atomic E-state index is 6.17. The summed E-state index contributed by atoms with van der Waals surface area (Å²) < 4.78 is 0. The van der Waals surface area contributed by atoms with Gasteiger partial charge in [0.15, 0.2) is 0 Å². The second-order valence-corrected chi connectivity index (χ2v) is 6.34. The number of piperidine rings is 1. The van der Waals surface area contributed by atoms with Crippen molar-refractivity contribution in [3.8, 4) is 0 Å². The highest BCUT2D eigenvalue weighted by Crippen LogP contribution is 2.28. The van der Waals surface area contributed by atoms with Crippen molar-refractivity contribution in [3.05, 3.63) is 18.0 Å². The molecule has 5 nitrogen and oxygen atoms in total. The van der Waals surface area contributed by atoms with E-state index in [9.17, 15) is 0 Å². The fraction of sp³-hybridized carbons (Fsp3) is 0.714. The van der Waals surface area contributed by atoms with Gasteiger partial charge in [-0.1, -0.05) is 13.8 Å². The van der Waals surface area contributed by atoms with Crippen LogP contribution in [0.2, 0.25) is 0 Å². The zero-order valence-corrected chi connectivity index (χ0v) is 13.7. The molecule has 0 radical (unpaired) electrons. The zero-order chi connectivity index (χ0) is 14.0. The summed E-state index contributed by atoms with van der Waals surface area (Å²) >= 11 is 0. The quantitative estimate of drug-likeness (QED) is 0.917. The van der Waals surface area contributed by atoms with Crippen molar-refractivity contribution in [1.29, 1.82) is 0 Å². The number of rotatable bonds is 3. The Morgan fingerprint density at radius 1 is 1.45 bits per heavy atom. The average molecular weight is 300 g/mol. The van der Waals surface area contributed by atoms with Crippen LogP contribution in [0.3, 0.4) is 0 Å². The summed E-state index contributed by atoms with van der Waals surface area (Å²) in [5, 5.41) is 0. The topological polar surface area (TPSA) is 58.3 Å². The number of nitrogens with zero attached hydrogens (tertiary/aromatic N) is 4. The number of aromatic nitrogens is 2. The van der Waals surface area contributed by atoms with Crippen LogP contribution in [0.5, 0.6) is 0 Å². The SMILES string of the molecule is CN(C)c1nccc(CN2CCC(N)C(C)(C)C2)n1.Cl. The lowest BCUT2D eigenvalue weighted by Crippen LogP contribution is -2.52. The minimum Gasteiger partial charge on any atom is -0.347 e. The van der Waals surface area contributed by atoms with Gasteiger partial charge in [-0.3, -0.25) is 4.90 Å². The summed E-state index contributed by atoms with van der Waals surface area (Å²) in [6.07, 6.45) is 2.89. The van der Waals surface area contributed by atoms with Crippen molar-refractivity contribution in [3.63, 3.8) is 0 Å². The summed E-state index contributed by atoms with van der Waals surface area (Å²) in [4.78, 5) is 13.2. The molecule has 1 aromatic heterocycles. The minimum atomic E-state index is 0. The van der Waals surface area contributed by atoms with Crippen molar-refractivity contribution in [1.82, 2.24) is 14.9 Å². The smallest absolute Gasteiger partial charge is 0.225 e. The Kier molecular flexibility index (Phi) is 5.74. The number of hydrogen-bond acceptors (Lipinski definition) is 5. The number of halogens is 1. The normalized spacial score (nSPS) is 22.1. The van der Waals surface area contributed by atoms with E-state index < -0.39 is 0 Å². The van der Waals surface area contributed by atoms with Gasteiger partial charge in [0.2, 0.25) is 5.95 Å². The van der Waals surface area contributed by atoms with Crippen molar-refractivity contribution in [2.24, 2.45) is 11.1 Å². The molecule has 1 unspecified atom stereocenters. The maximum absolute atomic E-state index is 6.17. The first-order valence-electron chi connectivity index (χ1n) is 6.86. The Hall–Kier alpha value is -0.910. The lowest BCUT2D eigenvalue weighted by Gasteiger charge is -2.42. The Morgan fingerprint density at radius 2 is 2.15 bits per heavy atom. The van der Waals surface area contributed by atoms with Crippen LogP contribution in [0.25, 0.3) is 0 Å². The predicted molar refractivity (Wildman–Crippen MR) is 85.3 cm³/mol. The van der Waals surface area contributed by atoms with E-state index in [4.69, 9.17) is 5.73 Å². The lowest BCUT2D eigenvalue weighted by atomic mass is 9.80. The first-order valence-corrected chi connectivity index (χ1v) is 6.86. The molecule has 0 amide bonds. The molecule has 2 rings (SSSR count). The second-order valence-electron chi connectivity index (χ2n) is 6.34. The van der Waals surface area contributed by atoms with E-state index in [1.165, 1.54) is 0 Å². The van der Waals surface area contributed by atoms with E-state index in [0.29, 0.717) is 6.04 Å². The molecule has 1 saturated heterocycles. The molecule has 2 heterocycles. The molecule has 0 aliphatic carbocycles. The van der Waals surface area contributed by atoms with Crippen LogP contribution in [0.15, 0.2) is 12.3 Å². The third-order valence-electron chi connectivity index (χ3n) is 3.88. The van der Waals surface area contributed by atoms with E-state index >= 15 is 0 Å². The van der Waals surface area contributed by atoms with Gasteiger partial charge in [-0.15, -0.1) is 12.4 Å². The highest BCUT2D eigenvalue weighted by atomic mass is 35.5. The lowest BCUT2D eigenvalue weighted by molar-refractivity contribution is 0.0889. The first-order chi connectivity index (χ1) is 8.88. The van der Waals surface area contributed by atoms with Crippen molar-refractivity contribution in [2.75, 3.05) is 32.1 Å². The van der Waals surface area contributed by atoms with Gasteiger partial charge in [0.1, 0.15) is 0 Å². The van der Waals surface area contributed by atoms with Crippen LogP contribution in [-0.2, 0) is 6.54 Å². The van der Waals surface area contributed by atoms with Gasteiger partial charge in [-0.25, -0.2) is 9.97 Å². The van der Waals surface area contributed by atoms with Crippen molar-refractivity contribution in [2.45, 2.75) is 32.9 Å². The summed E-state index contributed by atoms with van der Waals surface area (Å²) in [5.41, 5.74) is 7.42. The van der Waals surface area contributed by atoms with E-state index in [0.717, 1.165) is 37.7 Å². The third kappa shape index (κ3) is 4.04. The number of likely N-dealkylation sites (tertiary alicyclic amines) is 1. The Labute approximate surface area is 128 Å². The van der Waals surface area contributed by atoms with E-state index in [1.54, 1.807) is 0 Å². The number of anilines is 1. The highest BCUT2D eigenvalue weighted by molar-refractivity contribution is 5.85. The number of hydrogen-bond donors (Lipinski definition) is 1. The molecule has 1 aromatic rings. The van der Waals surface area contributed by atoms with Crippen LogP contribution >= 0.6 is 12.4 Å². The van der Waals surface area contributed by atoms with Crippen LogP contribution in [0.1, 0.15) is 26.0 Å². The van der Waals surface area contributed by atoms with Crippen LogP contribution in [-0.4, -0.2) is 48.1 Å². The molecule has 114 valence electrons. The largest absolute Gasteiger partial charge is 0.347 e. The van der Waals surface area contributed by atoms with Crippen LogP contribution < -0.4 is 10.6 Å². The van der Waals surface area contributed by atoms with E-state index in [-0.39, 0.29) is 17.8 Å². The van der Waals surface area contributed by atoms with Gasteiger partial charge < -0.3 is 10.6 Å². The molecular weight excluding hydrogens is 274 g/mol. The van der Waals surface area contributed by atoms with Crippen LogP contribution in [0.4, 0.5) is 5.95 Å². The van der Waals surface area contributed by atoms with Crippen LogP contribution in [0, 0.1) is 5.41 Å². The van der Waals surface area contributed by atoms with E-state index in [1.807, 2.05) is 31.3 Å². The molecule has 1 fully saturated rings. The van der Waals surface area contributed by atoms with Gasteiger partial charge in [-0.05, 0) is 17.9 Å². The highest BCUT2D eigenvalue weighted by Gasteiger charge is 2.33. The van der Waals surface area contributed by atoms with Gasteiger partial charge >= 0.3 is 0 Å². The monoisotopic (exact) mass is 299 g/mol. The molecule has 1 aliphatic heterocycles. The van der Waals surface area contributed by atoms with E-state index in [2.05, 4.69) is 28.7 Å². The second kappa shape index (κ2) is 6.70. The Balaban J connectivity index is 0.00000200. The first kappa shape index (κ1) is 17.1. The molecule has 2 N–H and O–H groups in total. The van der Waals surface area contributed by atoms with Gasteiger partial charge in [0.25, 0.3) is 0 Å². The Bertz CT molecular complexity index is 435. The Morgan fingerprint density at radius 3 is 2.75 bits per heavy atom. The minimum absolute atomic E-state index is 0. The van der Waals surface area contributed by atoms with Gasteiger partial charge in [0, 0.05) is 46.0 Å². The van der Waals surface area contributed by atoms with Gasteiger partial charge in [0.05, 0.1) is 5.69 Å². The standard InChI is InChI=1S/C14H25N5.ClH/c1-14(2)10-19(8-6-12(14)15)9-11-5-7-16-13(17-11)18(3)4;/h5,7,12H,6,8-10,15H2,1-4H3;1H. The molecule has 0 spiro atoms. The molecule has 6 heteroatoms. The molecule has 0 bridgehead atoms. The van der Waals surface area contributed by atoms with Crippen molar-refractivity contribution < 1.29 is 0 Å². The predicted octanol–water partition coefficient (Wildman–Crippen LogP) is 1.52. The summed E-state index contributed by atoms with van der Waals surface area (Å²) in [5.74, 6) is 0.769. The molecular formula is C14H26ClN5. The van der Waals surface area contributed by atoms with Gasteiger partial charge in [-0.2, -0.15) is 0 Å². The molecule has 1 atom stereocenters. The number of nitrogens with two attached hydrogens (primary N) is 1. The average Bonchev–Trinajstić information content (AvgIpc) is 2.34. The molecule has 0 saturated carbocycles. The third-order valence-corrected chi connectivity index (χ3v) is 3.88. The molecule has 20 heavy (non-hydrogen) atoms. The molecule has 0 aromatic carbocycles.